The third kappa shape index (κ3) is 4.10. The summed E-state index contributed by atoms with van der Waals surface area (Å²) in [6.07, 6.45) is 4.86. The molecule has 0 radical (unpaired) electrons. The maximum absolute atomic E-state index is 6.12. The first-order valence-electron chi connectivity index (χ1n) is 5.53. The molecule has 13 heavy (non-hydrogen) atoms. The van der Waals surface area contributed by atoms with E-state index in [0.717, 1.165) is 25.6 Å². The van der Waals surface area contributed by atoms with Gasteiger partial charge in [0.25, 0.3) is 0 Å². The second-order valence-electron chi connectivity index (χ2n) is 4.61. The predicted molar refractivity (Wildman–Crippen MR) is 55.6 cm³/mol. The lowest BCUT2D eigenvalue weighted by atomic mass is 9.90. The minimum atomic E-state index is 0.364. The van der Waals surface area contributed by atoms with Crippen LogP contribution >= 0.6 is 0 Å². The summed E-state index contributed by atoms with van der Waals surface area (Å²) in [5.41, 5.74) is 6.12. The van der Waals surface area contributed by atoms with E-state index in [0.29, 0.717) is 12.0 Å². The van der Waals surface area contributed by atoms with E-state index < -0.39 is 0 Å². The molecule has 0 aromatic carbocycles. The molecule has 2 N–H and O–H groups in total. The number of hydrogen-bond donors (Lipinski definition) is 1. The molecule has 0 aliphatic carbocycles. The van der Waals surface area contributed by atoms with Crippen molar-refractivity contribution in [3.05, 3.63) is 0 Å². The third-order valence-corrected chi connectivity index (χ3v) is 2.88. The summed E-state index contributed by atoms with van der Waals surface area (Å²) in [7, 11) is 0. The van der Waals surface area contributed by atoms with E-state index in [1.807, 2.05) is 0 Å². The van der Waals surface area contributed by atoms with Crippen LogP contribution in [0.15, 0.2) is 0 Å². The van der Waals surface area contributed by atoms with Crippen LogP contribution in [0.25, 0.3) is 0 Å². The molecule has 2 nitrogen and oxygen atoms in total. The lowest BCUT2D eigenvalue weighted by Crippen LogP contribution is -2.35. The van der Waals surface area contributed by atoms with E-state index in [2.05, 4.69) is 13.8 Å². The summed E-state index contributed by atoms with van der Waals surface area (Å²) in [6, 6.07) is 0.364. The molecule has 0 amide bonds. The maximum Gasteiger partial charge on any atom is 0.0509 e. The van der Waals surface area contributed by atoms with Crippen molar-refractivity contribution < 1.29 is 4.74 Å². The zero-order valence-electron chi connectivity index (χ0n) is 8.96. The molecule has 0 saturated carbocycles. The highest BCUT2D eigenvalue weighted by Crippen LogP contribution is 2.20. The van der Waals surface area contributed by atoms with Gasteiger partial charge < -0.3 is 10.5 Å². The van der Waals surface area contributed by atoms with E-state index in [9.17, 15) is 0 Å². The van der Waals surface area contributed by atoms with Crippen molar-refractivity contribution >= 4 is 0 Å². The number of rotatable bonds is 4. The van der Waals surface area contributed by atoms with E-state index in [1.54, 1.807) is 0 Å². The smallest absolute Gasteiger partial charge is 0.0509 e. The molecular formula is C11H23NO. The molecule has 1 fully saturated rings. The van der Waals surface area contributed by atoms with E-state index in [-0.39, 0.29) is 0 Å². The second-order valence-corrected chi connectivity index (χ2v) is 4.61. The first-order chi connectivity index (χ1) is 6.20. The summed E-state index contributed by atoms with van der Waals surface area (Å²) in [6.45, 7) is 6.33. The molecule has 0 bridgehead atoms. The predicted octanol–water partition coefficient (Wildman–Crippen LogP) is 2.18. The van der Waals surface area contributed by atoms with Crippen LogP contribution in [0.2, 0.25) is 0 Å². The standard InChI is InChI=1S/C11H23NO/c1-9(2)5-6-11(12)10-4-3-7-13-8-10/h9-11H,3-8,12H2,1-2H3. The van der Waals surface area contributed by atoms with Crippen molar-refractivity contribution in [3.63, 3.8) is 0 Å². The lowest BCUT2D eigenvalue weighted by Gasteiger charge is -2.27. The molecule has 0 spiro atoms. The van der Waals surface area contributed by atoms with Crippen LogP contribution in [0.3, 0.4) is 0 Å². The van der Waals surface area contributed by atoms with Crippen molar-refractivity contribution in [2.45, 2.75) is 45.6 Å². The summed E-state index contributed by atoms with van der Waals surface area (Å²) >= 11 is 0. The highest BCUT2D eigenvalue weighted by molar-refractivity contribution is 4.75. The largest absolute Gasteiger partial charge is 0.381 e. The summed E-state index contributed by atoms with van der Waals surface area (Å²) < 4.78 is 5.43. The third-order valence-electron chi connectivity index (χ3n) is 2.88. The van der Waals surface area contributed by atoms with Crippen molar-refractivity contribution in [1.82, 2.24) is 0 Å². The van der Waals surface area contributed by atoms with E-state index >= 15 is 0 Å². The normalized spacial score (nSPS) is 26.3. The van der Waals surface area contributed by atoms with Crippen molar-refractivity contribution in [2.24, 2.45) is 17.6 Å². The van der Waals surface area contributed by atoms with Crippen LogP contribution in [0.5, 0.6) is 0 Å². The van der Waals surface area contributed by atoms with Gasteiger partial charge >= 0.3 is 0 Å². The van der Waals surface area contributed by atoms with Gasteiger partial charge in [0, 0.05) is 12.6 Å². The zero-order chi connectivity index (χ0) is 9.68. The first-order valence-corrected chi connectivity index (χ1v) is 5.53. The molecule has 2 heteroatoms. The Kier molecular flexibility index (Phi) is 4.74. The van der Waals surface area contributed by atoms with Gasteiger partial charge in [-0.15, -0.1) is 0 Å². The average molecular weight is 185 g/mol. The fourth-order valence-corrected chi connectivity index (χ4v) is 1.86. The van der Waals surface area contributed by atoms with E-state index in [4.69, 9.17) is 10.5 Å². The Morgan fingerprint density at radius 3 is 2.69 bits per heavy atom. The molecule has 1 rings (SSSR count). The van der Waals surface area contributed by atoms with Crippen LogP contribution < -0.4 is 5.73 Å². The molecule has 0 aromatic heterocycles. The SMILES string of the molecule is CC(C)CCC(N)C1CCCOC1. The zero-order valence-corrected chi connectivity index (χ0v) is 8.96. The Morgan fingerprint density at radius 2 is 2.15 bits per heavy atom. The molecule has 1 heterocycles. The molecule has 2 atom stereocenters. The van der Waals surface area contributed by atoms with Crippen molar-refractivity contribution in [1.29, 1.82) is 0 Å². The molecule has 1 saturated heterocycles. The first kappa shape index (κ1) is 11.0. The van der Waals surface area contributed by atoms with Crippen LogP contribution in [0, 0.1) is 11.8 Å². The van der Waals surface area contributed by atoms with Crippen LogP contribution in [-0.2, 0) is 4.74 Å². The van der Waals surface area contributed by atoms with Gasteiger partial charge in [-0.25, -0.2) is 0 Å². The van der Waals surface area contributed by atoms with Gasteiger partial charge in [-0.1, -0.05) is 13.8 Å². The molecule has 2 unspecified atom stereocenters. The molecule has 1 aliphatic rings. The minimum absolute atomic E-state index is 0.364. The fourth-order valence-electron chi connectivity index (χ4n) is 1.86. The van der Waals surface area contributed by atoms with Crippen molar-refractivity contribution in [3.8, 4) is 0 Å². The quantitative estimate of drug-likeness (QED) is 0.728. The van der Waals surface area contributed by atoms with Gasteiger partial charge in [0.1, 0.15) is 0 Å². The number of nitrogens with two attached hydrogens (primary N) is 1. The highest BCUT2D eigenvalue weighted by Gasteiger charge is 2.20. The lowest BCUT2D eigenvalue weighted by molar-refractivity contribution is 0.0431. The fraction of sp³-hybridized carbons (Fsp3) is 1.00. The molecule has 0 aromatic rings. The van der Waals surface area contributed by atoms with Gasteiger partial charge in [-0.05, 0) is 37.5 Å². The van der Waals surface area contributed by atoms with E-state index in [1.165, 1.54) is 19.3 Å². The van der Waals surface area contributed by atoms with Gasteiger partial charge in [0.15, 0.2) is 0 Å². The summed E-state index contributed by atoms with van der Waals surface area (Å²) in [5, 5.41) is 0. The number of ether oxygens (including phenoxy) is 1. The van der Waals surface area contributed by atoms with Gasteiger partial charge in [0.2, 0.25) is 0 Å². The Labute approximate surface area is 81.8 Å². The second kappa shape index (κ2) is 5.61. The average Bonchev–Trinajstić information content (AvgIpc) is 2.15. The molecular weight excluding hydrogens is 162 g/mol. The van der Waals surface area contributed by atoms with Gasteiger partial charge in [-0.2, -0.15) is 0 Å². The Morgan fingerprint density at radius 1 is 1.38 bits per heavy atom. The molecule has 1 aliphatic heterocycles. The number of hydrogen-bond acceptors (Lipinski definition) is 2. The Hall–Kier alpha value is -0.0800. The highest BCUT2D eigenvalue weighted by atomic mass is 16.5. The van der Waals surface area contributed by atoms with Crippen LogP contribution in [0.4, 0.5) is 0 Å². The maximum atomic E-state index is 6.12. The van der Waals surface area contributed by atoms with Crippen LogP contribution in [-0.4, -0.2) is 19.3 Å². The van der Waals surface area contributed by atoms with Gasteiger partial charge in [-0.3, -0.25) is 0 Å². The Bertz CT molecular complexity index is 130. The summed E-state index contributed by atoms with van der Waals surface area (Å²) in [5.74, 6) is 1.39. The Balaban J connectivity index is 2.17. The van der Waals surface area contributed by atoms with Crippen LogP contribution in [0.1, 0.15) is 39.5 Å². The van der Waals surface area contributed by atoms with Gasteiger partial charge in [0.05, 0.1) is 6.61 Å². The monoisotopic (exact) mass is 185 g/mol. The molecule has 78 valence electrons. The summed E-state index contributed by atoms with van der Waals surface area (Å²) in [4.78, 5) is 0. The minimum Gasteiger partial charge on any atom is -0.381 e. The topological polar surface area (TPSA) is 35.2 Å². The van der Waals surface area contributed by atoms with Crippen molar-refractivity contribution in [2.75, 3.05) is 13.2 Å².